The number of rotatable bonds is 6. The number of hydrogen-bond acceptors (Lipinski definition) is 4. The molecular formula is C16H17F3N4O2. The third-order valence-electron chi connectivity index (χ3n) is 3.40. The van der Waals surface area contributed by atoms with E-state index in [4.69, 9.17) is 4.74 Å². The summed E-state index contributed by atoms with van der Waals surface area (Å²) in [5.74, 6) is -0.283. The molecule has 2 aromatic rings. The van der Waals surface area contributed by atoms with E-state index in [9.17, 15) is 18.0 Å². The van der Waals surface area contributed by atoms with E-state index in [2.05, 4.69) is 16.9 Å². The molecule has 0 saturated heterocycles. The maximum Gasteiger partial charge on any atom is 0.406 e. The molecule has 1 amide bonds. The fraction of sp³-hybridized carbons (Fsp3) is 0.312. The molecule has 0 saturated carbocycles. The highest BCUT2D eigenvalue weighted by molar-refractivity contribution is 5.93. The second-order valence-corrected chi connectivity index (χ2v) is 5.23. The molecule has 0 atom stereocenters. The van der Waals surface area contributed by atoms with Crippen LogP contribution in [0, 0.1) is 6.92 Å². The van der Waals surface area contributed by atoms with Crippen LogP contribution in [0.1, 0.15) is 16.2 Å². The molecule has 25 heavy (non-hydrogen) atoms. The Labute approximate surface area is 142 Å². The Morgan fingerprint density at radius 3 is 2.76 bits per heavy atom. The lowest BCUT2D eigenvalue weighted by molar-refractivity contribution is -0.139. The summed E-state index contributed by atoms with van der Waals surface area (Å²) in [6.45, 7) is 3.31. The van der Waals surface area contributed by atoms with Gasteiger partial charge >= 0.3 is 6.18 Å². The van der Waals surface area contributed by atoms with E-state index in [1.165, 1.54) is 17.9 Å². The second-order valence-electron chi connectivity index (χ2n) is 5.23. The Hall–Kier alpha value is -2.84. The van der Waals surface area contributed by atoms with Gasteiger partial charge in [0.15, 0.2) is 5.69 Å². The van der Waals surface area contributed by atoms with Crippen molar-refractivity contribution in [1.29, 1.82) is 0 Å². The van der Waals surface area contributed by atoms with Gasteiger partial charge < -0.3 is 9.64 Å². The monoisotopic (exact) mass is 354 g/mol. The Balaban J connectivity index is 2.35. The highest BCUT2D eigenvalue weighted by atomic mass is 19.4. The van der Waals surface area contributed by atoms with Gasteiger partial charge in [-0.1, -0.05) is 17.4 Å². The Morgan fingerprint density at radius 1 is 1.44 bits per heavy atom. The SMILES string of the molecule is C=CCN(CC(F)(F)F)C(=O)c1nnn(-c2cccc(OC)c2)c1C. The fourth-order valence-corrected chi connectivity index (χ4v) is 2.26. The zero-order valence-corrected chi connectivity index (χ0v) is 13.7. The van der Waals surface area contributed by atoms with Crippen LogP contribution in [-0.4, -0.2) is 52.2 Å². The van der Waals surface area contributed by atoms with Gasteiger partial charge in [0.2, 0.25) is 0 Å². The molecule has 0 aliphatic carbocycles. The molecule has 0 N–H and O–H groups in total. The highest BCUT2D eigenvalue weighted by Crippen LogP contribution is 2.21. The average Bonchev–Trinajstić information content (AvgIpc) is 2.94. The second kappa shape index (κ2) is 7.37. The van der Waals surface area contributed by atoms with Crippen LogP contribution in [0.15, 0.2) is 36.9 Å². The fourth-order valence-electron chi connectivity index (χ4n) is 2.26. The summed E-state index contributed by atoms with van der Waals surface area (Å²) >= 11 is 0. The molecule has 1 aromatic carbocycles. The van der Waals surface area contributed by atoms with Crippen LogP contribution in [-0.2, 0) is 0 Å². The molecule has 1 heterocycles. The van der Waals surface area contributed by atoms with E-state index < -0.39 is 18.6 Å². The zero-order chi connectivity index (χ0) is 18.6. The molecule has 2 rings (SSSR count). The molecular weight excluding hydrogens is 337 g/mol. The molecule has 6 nitrogen and oxygen atoms in total. The van der Waals surface area contributed by atoms with Crippen molar-refractivity contribution in [3.8, 4) is 11.4 Å². The summed E-state index contributed by atoms with van der Waals surface area (Å²) in [7, 11) is 1.51. The van der Waals surface area contributed by atoms with Crippen molar-refractivity contribution >= 4 is 5.91 Å². The molecule has 0 aliphatic heterocycles. The van der Waals surface area contributed by atoms with Gasteiger partial charge in [-0.25, -0.2) is 4.68 Å². The Bertz CT molecular complexity index is 771. The minimum Gasteiger partial charge on any atom is -0.497 e. The van der Waals surface area contributed by atoms with Gasteiger partial charge in [0.1, 0.15) is 12.3 Å². The van der Waals surface area contributed by atoms with Crippen LogP contribution in [0.2, 0.25) is 0 Å². The zero-order valence-electron chi connectivity index (χ0n) is 13.7. The van der Waals surface area contributed by atoms with E-state index in [0.717, 1.165) is 0 Å². The number of nitrogens with zero attached hydrogens (tertiary/aromatic N) is 4. The summed E-state index contributed by atoms with van der Waals surface area (Å²) in [4.78, 5) is 13.1. The molecule has 1 aromatic heterocycles. The lowest BCUT2D eigenvalue weighted by Gasteiger charge is -2.21. The summed E-state index contributed by atoms with van der Waals surface area (Å²) in [6.07, 6.45) is -3.29. The summed E-state index contributed by atoms with van der Waals surface area (Å²) in [5.41, 5.74) is 0.762. The van der Waals surface area contributed by atoms with Crippen molar-refractivity contribution in [3.05, 3.63) is 48.3 Å². The molecule has 134 valence electrons. The van der Waals surface area contributed by atoms with Crippen molar-refractivity contribution in [3.63, 3.8) is 0 Å². The number of benzene rings is 1. The van der Waals surface area contributed by atoms with Gasteiger partial charge in [-0.3, -0.25) is 4.79 Å². The number of alkyl halides is 3. The van der Waals surface area contributed by atoms with Crippen LogP contribution in [0.4, 0.5) is 13.2 Å². The molecule has 0 fully saturated rings. The van der Waals surface area contributed by atoms with Crippen LogP contribution in [0.25, 0.3) is 5.69 Å². The first-order chi connectivity index (χ1) is 11.8. The first-order valence-corrected chi connectivity index (χ1v) is 7.30. The first kappa shape index (κ1) is 18.5. The van der Waals surface area contributed by atoms with Crippen LogP contribution < -0.4 is 4.74 Å². The van der Waals surface area contributed by atoms with Crippen molar-refractivity contribution in [1.82, 2.24) is 19.9 Å². The standard InChI is InChI=1S/C16H17F3N4O2/c1-4-8-22(10-16(17,18)19)15(24)14-11(2)23(21-20-14)12-6-5-7-13(9-12)25-3/h4-7,9H,1,8,10H2,2-3H3. The van der Waals surface area contributed by atoms with Crippen LogP contribution >= 0.6 is 0 Å². The number of amides is 1. The topological polar surface area (TPSA) is 60.2 Å². The molecule has 0 aliphatic rings. The normalized spacial score (nSPS) is 11.2. The number of halogens is 3. The highest BCUT2D eigenvalue weighted by Gasteiger charge is 2.34. The smallest absolute Gasteiger partial charge is 0.406 e. The average molecular weight is 354 g/mol. The van der Waals surface area contributed by atoms with Gasteiger partial charge in [0, 0.05) is 12.6 Å². The van der Waals surface area contributed by atoms with Crippen LogP contribution in [0.3, 0.4) is 0 Å². The maximum atomic E-state index is 12.7. The number of carbonyl (C=O) groups excluding carboxylic acids is 1. The largest absolute Gasteiger partial charge is 0.497 e. The minimum atomic E-state index is -4.52. The number of ether oxygens (including phenoxy) is 1. The van der Waals surface area contributed by atoms with Gasteiger partial charge in [-0.2, -0.15) is 13.2 Å². The van der Waals surface area contributed by atoms with Crippen LogP contribution in [0.5, 0.6) is 5.75 Å². The van der Waals surface area contributed by atoms with Gasteiger partial charge in [0.25, 0.3) is 5.91 Å². The molecule has 0 spiro atoms. The third-order valence-corrected chi connectivity index (χ3v) is 3.40. The lowest BCUT2D eigenvalue weighted by Crippen LogP contribution is -2.39. The number of methoxy groups -OCH3 is 1. The third kappa shape index (κ3) is 4.37. The Kier molecular flexibility index (Phi) is 5.45. The van der Waals surface area contributed by atoms with Gasteiger partial charge in [-0.15, -0.1) is 11.7 Å². The number of carbonyl (C=O) groups is 1. The summed E-state index contributed by atoms with van der Waals surface area (Å²) < 4.78 is 44.5. The van der Waals surface area contributed by atoms with Crippen molar-refractivity contribution in [2.45, 2.75) is 13.1 Å². The molecule has 9 heteroatoms. The van der Waals surface area contributed by atoms with Gasteiger partial charge in [-0.05, 0) is 19.1 Å². The Morgan fingerprint density at radius 2 is 2.16 bits per heavy atom. The maximum absolute atomic E-state index is 12.7. The van der Waals surface area contributed by atoms with E-state index >= 15 is 0 Å². The predicted octanol–water partition coefficient (Wildman–Crippen LogP) is 2.77. The van der Waals surface area contributed by atoms with Gasteiger partial charge in [0.05, 0.1) is 18.5 Å². The van der Waals surface area contributed by atoms with Crippen molar-refractivity contribution < 1.29 is 22.7 Å². The first-order valence-electron chi connectivity index (χ1n) is 7.30. The molecule has 0 unspecified atom stereocenters. The summed E-state index contributed by atoms with van der Waals surface area (Å²) in [5, 5.41) is 7.64. The predicted molar refractivity (Wildman–Crippen MR) is 84.8 cm³/mol. The van der Waals surface area contributed by atoms with Crippen molar-refractivity contribution in [2.75, 3.05) is 20.2 Å². The minimum absolute atomic E-state index is 0.145. The number of hydrogen-bond donors (Lipinski definition) is 0. The lowest BCUT2D eigenvalue weighted by atomic mass is 10.2. The summed E-state index contributed by atoms with van der Waals surface area (Å²) in [6, 6.07) is 6.85. The molecule has 0 radical (unpaired) electrons. The van der Waals surface area contributed by atoms with Crippen molar-refractivity contribution in [2.24, 2.45) is 0 Å². The molecule has 0 bridgehead atoms. The number of aromatic nitrogens is 3. The van der Waals surface area contributed by atoms with E-state index in [1.54, 1.807) is 31.2 Å². The van der Waals surface area contributed by atoms with E-state index in [-0.39, 0.29) is 12.2 Å². The quantitative estimate of drug-likeness (QED) is 0.749. The van der Waals surface area contributed by atoms with E-state index in [0.29, 0.717) is 22.0 Å². The van der Waals surface area contributed by atoms with E-state index in [1.807, 2.05) is 0 Å².